The third-order valence-electron chi connectivity index (χ3n) is 2.81. The van der Waals surface area contributed by atoms with Gasteiger partial charge in [-0.1, -0.05) is 17.7 Å². The van der Waals surface area contributed by atoms with Crippen molar-refractivity contribution in [3.05, 3.63) is 51.2 Å². The summed E-state index contributed by atoms with van der Waals surface area (Å²) < 4.78 is 2.67. The van der Waals surface area contributed by atoms with Crippen LogP contribution in [0, 0.1) is 6.92 Å². The van der Waals surface area contributed by atoms with Gasteiger partial charge in [0.25, 0.3) is 5.91 Å². The highest BCUT2D eigenvalue weighted by atomic mass is 79.9. The number of amides is 1. The second-order valence-corrected chi connectivity index (χ2v) is 5.56. The largest absolute Gasteiger partial charge is 0.342 e. The van der Waals surface area contributed by atoms with Gasteiger partial charge in [-0.3, -0.25) is 4.79 Å². The number of hydrogen-bond acceptors (Lipinski definition) is 1. The van der Waals surface area contributed by atoms with Gasteiger partial charge in [-0.25, -0.2) is 0 Å². The number of anilines is 1. The van der Waals surface area contributed by atoms with Crippen LogP contribution in [0.15, 0.2) is 34.9 Å². The van der Waals surface area contributed by atoms with Gasteiger partial charge in [0.2, 0.25) is 0 Å². The maximum Gasteiger partial charge on any atom is 0.272 e. The number of carbonyl (C=O) groups excluding carboxylic acids is 1. The van der Waals surface area contributed by atoms with Crippen molar-refractivity contribution in [1.29, 1.82) is 0 Å². The molecule has 5 heteroatoms. The van der Waals surface area contributed by atoms with Crippen LogP contribution < -0.4 is 5.32 Å². The lowest BCUT2D eigenvalue weighted by molar-refractivity contribution is 0.101. The molecule has 3 nitrogen and oxygen atoms in total. The number of hydrogen-bond donors (Lipinski definition) is 1. The summed E-state index contributed by atoms with van der Waals surface area (Å²) in [7, 11) is 0. The average Bonchev–Trinajstić information content (AvgIpc) is 2.75. The van der Waals surface area contributed by atoms with E-state index < -0.39 is 0 Å². The van der Waals surface area contributed by atoms with Crippen molar-refractivity contribution in [2.45, 2.75) is 20.4 Å². The summed E-state index contributed by atoms with van der Waals surface area (Å²) in [6.45, 7) is 4.65. The van der Waals surface area contributed by atoms with E-state index in [-0.39, 0.29) is 5.91 Å². The molecule has 0 saturated heterocycles. The minimum Gasteiger partial charge on any atom is -0.342 e. The minimum atomic E-state index is -0.167. The van der Waals surface area contributed by atoms with Crippen molar-refractivity contribution in [2.75, 3.05) is 5.32 Å². The Labute approximate surface area is 125 Å². The Bertz CT molecular complexity index is 622. The van der Waals surface area contributed by atoms with E-state index in [2.05, 4.69) is 21.2 Å². The molecule has 1 heterocycles. The Balaban J connectivity index is 2.27. The molecule has 2 aromatic rings. The van der Waals surface area contributed by atoms with Gasteiger partial charge < -0.3 is 9.88 Å². The van der Waals surface area contributed by atoms with Gasteiger partial charge in [-0.15, -0.1) is 0 Å². The van der Waals surface area contributed by atoms with Gasteiger partial charge in [-0.05, 0) is 53.5 Å². The van der Waals surface area contributed by atoms with Crippen LogP contribution in [0.25, 0.3) is 0 Å². The number of aromatic nitrogens is 1. The highest BCUT2D eigenvalue weighted by Gasteiger charge is 2.13. The van der Waals surface area contributed by atoms with E-state index in [1.165, 1.54) is 0 Å². The van der Waals surface area contributed by atoms with Crippen LogP contribution in [0.2, 0.25) is 5.02 Å². The summed E-state index contributed by atoms with van der Waals surface area (Å²) in [6, 6.07) is 7.48. The van der Waals surface area contributed by atoms with Crippen molar-refractivity contribution >= 4 is 39.1 Å². The molecule has 1 aromatic carbocycles. The van der Waals surface area contributed by atoms with Crippen LogP contribution in [0.1, 0.15) is 23.0 Å². The van der Waals surface area contributed by atoms with Crippen molar-refractivity contribution in [3.63, 3.8) is 0 Å². The summed E-state index contributed by atoms with van der Waals surface area (Å²) in [5.74, 6) is -0.167. The minimum absolute atomic E-state index is 0.167. The van der Waals surface area contributed by atoms with E-state index in [0.717, 1.165) is 15.7 Å². The second-order valence-electron chi connectivity index (χ2n) is 4.27. The summed E-state index contributed by atoms with van der Waals surface area (Å²) >= 11 is 9.36. The average molecular weight is 342 g/mol. The molecule has 19 heavy (non-hydrogen) atoms. The number of benzene rings is 1. The molecular weight excluding hydrogens is 328 g/mol. The van der Waals surface area contributed by atoms with E-state index in [1.54, 1.807) is 12.3 Å². The van der Waals surface area contributed by atoms with Crippen molar-refractivity contribution in [1.82, 2.24) is 4.57 Å². The maximum atomic E-state index is 12.3. The quantitative estimate of drug-likeness (QED) is 0.877. The van der Waals surface area contributed by atoms with E-state index in [0.29, 0.717) is 17.3 Å². The topological polar surface area (TPSA) is 34.0 Å². The van der Waals surface area contributed by atoms with Crippen molar-refractivity contribution < 1.29 is 4.79 Å². The molecule has 0 bridgehead atoms. The van der Waals surface area contributed by atoms with Crippen LogP contribution in [0.5, 0.6) is 0 Å². The number of nitrogens with zero attached hydrogens (tertiary/aromatic N) is 1. The zero-order valence-electron chi connectivity index (χ0n) is 10.7. The first-order chi connectivity index (χ1) is 9.01. The van der Waals surface area contributed by atoms with Crippen LogP contribution in [0.3, 0.4) is 0 Å². The maximum absolute atomic E-state index is 12.3. The molecule has 0 spiro atoms. The molecule has 1 N–H and O–H groups in total. The third kappa shape index (κ3) is 3.19. The van der Waals surface area contributed by atoms with Crippen LogP contribution >= 0.6 is 27.5 Å². The normalized spacial score (nSPS) is 10.5. The molecule has 0 aliphatic heterocycles. The number of rotatable bonds is 3. The van der Waals surface area contributed by atoms with E-state index in [4.69, 9.17) is 11.6 Å². The Morgan fingerprint density at radius 2 is 2.16 bits per heavy atom. The molecule has 0 saturated carbocycles. The van der Waals surface area contributed by atoms with Crippen LogP contribution in [0.4, 0.5) is 5.69 Å². The zero-order chi connectivity index (χ0) is 14.0. The Morgan fingerprint density at radius 3 is 2.84 bits per heavy atom. The van der Waals surface area contributed by atoms with E-state index in [1.807, 2.05) is 36.6 Å². The molecule has 0 fully saturated rings. The predicted octanol–water partition coefficient (Wildman–Crippen LogP) is 4.48. The summed E-state index contributed by atoms with van der Waals surface area (Å²) in [5.41, 5.74) is 2.40. The highest BCUT2D eigenvalue weighted by molar-refractivity contribution is 9.10. The number of halogens is 2. The molecule has 100 valence electrons. The van der Waals surface area contributed by atoms with Gasteiger partial charge in [0.15, 0.2) is 0 Å². The number of aryl methyl sites for hydroxylation is 2. The molecule has 0 unspecified atom stereocenters. The van der Waals surface area contributed by atoms with Gasteiger partial charge >= 0.3 is 0 Å². The third-order valence-corrected chi connectivity index (χ3v) is 3.70. The summed E-state index contributed by atoms with van der Waals surface area (Å²) in [4.78, 5) is 12.3. The lowest BCUT2D eigenvalue weighted by Crippen LogP contribution is -2.16. The lowest BCUT2D eigenvalue weighted by atomic mass is 10.2. The summed E-state index contributed by atoms with van der Waals surface area (Å²) in [6.07, 6.45) is 1.75. The SMILES string of the molecule is CCn1cc(Cl)cc1C(=O)Nc1cc(C)ccc1Br. The van der Waals surface area contributed by atoms with Crippen molar-refractivity contribution in [2.24, 2.45) is 0 Å². The monoisotopic (exact) mass is 340 g/mol. The van der Waals surface area contributed by atoms with Gasteiger partial charge in [0.1, 0.15) is 5.69 Å². The first kappa shape index (κ1) is 14.2. The number of nitrogens with one attached hydrogen (secondary N) is 1. The smallest absolute Gasteiger partial charge is 0.272 e. The first-order valence-corrected chi connectivity index (χ1v) is 7.11. The van der Waals surface area contributed by atoms with Gasteiger partial charge in [0, 0.05) is 17.2 Å². The van der Waals surface area contributed by atoms with Crippen LogP contribution in [-0.4, -0.2) is 10.5 Å². The fraction of sp³-hybridized carbons (Fsp3) is 0.214. The molecule has 1 amide bonds. The molecule has 1 aromatic heterocycles. The zero-order valence-corrected chi connectivity index (χ0v) is 13.0. The molecular formula is C14H14BrClN2O. The Hall–Kier alpha value is -1.26. The van der Waals surface area contributed by atoms with Crippen molar-refractivity contribution in [3.8, 4) is 0 Å². The second kappa shape index (κ2) is 5.80. The van der Waals surface area contributed by atoms with E-state index in [9.17, 15) is 4.79 Å². The molecule has 0 aliphatic rings. The molecule has 2 rings (SSSR count). The fourth-order valence-electron chi connectivity index (χ4n) is 1.85. The first-order valence-electron chi connectivity index (χ1n) is 5.94. The highest BCUT2D eigenvalue weighted by Crippen LogP contribution is 2.24. The number of carbonyl (C=O) groups is 1. The molecule has 0 aliphatic carbocycles. The Kier molecular flexibility index (Phi) is 4.32. The molecule has 0 radical (unpaired) electrons. The van der Waals surface area contributed by atoms with Gasteiger partial charge in [0.05, 0.1) is 10.7 Å². The predicted molar refractivity (Wildman–Crippen MR) is 81.9 cm³/mol. The fourth-order valence-corrected chi connectivity index (χ4v) is 2.41. The van der Waals surface area contributed by atoms with Gasteiger partial charge in [-0.2, -0.15) is 0 Å². The lowest BCUT2D eigenvalue weighted by Gasteiger charge is -2.10. The Morgan fingerprint density at radius 1 is 1.42 bits per heavy atom. The molecule has 0 atom stereocenters. The van der Waals surface area contributed by atoms with Crippen LogP contribution in [-0.2, 0) is 6.54 Å². The summed E-state index contributed by atoms with van der Waals surface area (Å²) in [5, 5.41) is 3.46. The standard InChI is InChI=1S/C14H14BrClN2O/c1-3-18-8-10(16)7-13(18)14(19)17-12-6-9(2)4-5-11(12)15/h4-8H,3H2,1-2H3,(H,17,19). The van der Waals surface area contributed by atoms with E-state index >= 15 is 0 Å².